The number of carbonyl (C=O) groups is 1. The number of rotatable bonds is 2. The van der Waals surface area contributed by atoms with Gasteiger partial charge in [-0.05, 0) is 97.7 Å². The Morgan fingerprint density at radius 1 is 1.00 bits per heavy atom. The van der Waals surface area contributed by atoms with Crippen LogP contribution in [0.1, 0.15) is 107 Å². The predicted molar refractivity (Wildman–Crippen MR) is 137 cm³/mol. The predicted octanol–water partition coefficient (Wildman–Crippen LogP) is 7.40. The van der Waals surface area contributed by atoms with Crippen LogP contribution in [-0.2, 0) is 4.79 Å². The fourth-order valence-electron chi connectivity index (χ4n) is 10.9. The van der Waals surface area contributed by atoms with E-state index in [1.807, 2.05) is 6.92 Å². The Balaban J connectivity index is 1.68. The third kappa shape index (κ3) is 2.61. The second kappa shape index (κ2) is 7.02. The van der Waals surface area contributed by atoms with Crippen LogP contribution in [0.15, 0.2) is 23.3 Å². The third-order valence-corrected chi connectivity index (χ3v) is 13.1. The van der Waals surface area contributed by atoms with Crippen molar-refractivity contribution < 1.29 is 15.0 Å². The molecule has 0 aromatic carbocycles. The van der Waals surface area contributed by atoms with E-state index in [-0.39, 0.29) is 33.5 Å². The molecule has 0 spiro atoms. The van der Waals surface area contributed by atoms with Crippen LogP contribution in [0.25, 0.3) is 0 Å². The van der Waals surface area contributed by atoms with Crippen molar-refractivity contribution in [1.82, 2.24) is 0 Å². The molecule has 5 aliphatic rings. The summed E-state index contributed by atoms with van der Waals surface area (Å²) in [5, 5.41) is 22.5. The molecule has 0 amide bonds. The number of aliphatic carboxylic acids is 1. The van der Waals surface area contributed by atoms with Gasteiger partial charge in [0.25, 0.3) is 0 Å². The fraction of sp³-hybridized carbons (Fsp3) is 0.839. The van der Waals surface area contributed by atoms with E-state index in [0.717, 1.165) is 25.7 Å². The van der Waals surface area contributed by atoms with Gasteiger partial charge in [-0.1, -0.05) is 71.8 Å². The molecule has 0 saturated heterocycles. The maximum atomic E-state index is 12.9. The lowest BCUT2D eigenvalue weighted by molar-refractivity contribution is -0.197. The van der Waals surface area contributed by atoms with Crippen molar-refractivity contribution in [2.24, 2.45) is 50.7 Å². The van der Waals surface area contributed by atoms with Gasteiger partial charge in [0.2, 0.25) is 0 Å². The Morgan fingerprint density at radius 3 is 2.29 bits per heavy atom. The molecular weight excluding hydrogens is 420 g/mol. The topological polar surface area (TPSA) is 57.5 Å². The van der Waals surface area contributed by atoms with Crippen LogP contribution in [-0.4, -0.2) is 21.8 Å². The smallest absolute Gasteiger partial charge is 0.310 e. The number of carboxylic acids is 1. The van der Waals surface area contributed by atoms with Crippen molar-refractivity contribution in [2.45, 2.75) is 112 Å². The molecule has 3 heteroatoms. The molecule has 0 aliphatic heterocycles. The number of hydrogen-bond acceptors (Lipinski definition) is 2. The summed E-state index contributed by atoms with van der Waals surface area (Å²) in [4.78, 5) is 12.9. The quantitative estimate of drug-likeness (QED) is 0.415. The first-order valence-electron chi connectivity index (χ1n) is 14.0. The Bertz CT molecular complexity index is 971. The first-order chi connectivity index (χ1) is 15.6. The number of allylic oxidation sites excluding steroid dienone is 3. The summed E-state index contributed by atoms with van der Waals surface area (Å²) >= 11 is 0. The molecule has 0 unspecified atom stereocenters. The van der Waals surface area contributed by atoms with E-state index in [0.29, 0.717) is 24.7 Å². The molecule has 2 N–H and O–H groups in total. The van der Waals surface area contributed by atoms with Crippen molar-refractivity contribution >= 4 is 5.97 Å². The minimum absolute atomic E-state index is 0.0693. The van der Waals surface area contributed by atoms with Crippen LogP contribution in [0.5, 0.6) is 0 Å². The Hall–Kier alpha value is -1.09. The first-order valence-corrected chi connectivity index (χ1v) is 14.0. The van der Waals surface area contributed by atoms with Crippen LogP contribution in [0.4, 0.5) is 0 Å². The zero-order chi connectivity index (χ0) is 25.1. The number of fused-ring (bicyclic) bond motifs is 7. The average Bonchev–Trinajstić information content (AvgIpc) is 2.96. The van der Waals surface area contributed by atoms with Crippen molar-refractivity contribution in [3.8, 4) is 0 Å². The van der Waals surface area contributed by atoms with Gasteiger partial charge in [0.15, 0.2) is 0 Å². The molecule has 9 atom stereocenters. The summed E-state index contributed by atoms with van der Waals surface area (Å²) in [5.74, 6) is 0.362. The second-order valence-electron chi connectivity index (χ2n) is 14.5. The SMILES string of the molecule is CCC1=CC(C)(C)[C@@H]2CC[C@]3(C)[C@H](CC=C4[C@H]5[C@](C(=O)O)(CC[C@@H](C)[C@@]5(C)O)CC[C@]43C)[C@@]12C. The van der Waals surface area contributed by atoms with E-state index in [4.69, 9.17) is 0 Å². The highest BCUT2D eigenvalue weighted by atomic mass is 16.4. The Morgan fingerprint density at radius 2 is 1.68 bits per heavy atom. The molecule has 5 rings (SSSR count). The molecule has 3 fully saturated rings. The fourth-order valence-corrected chi connectivity index (χ4v) is 10.9. The molecule has 0 aromatic rings. The van der Waals surface area contributed by atoms with Gasteiger partial charge in [0, 0.05) is 5.92 Å². The molecule has 0 heterocycles. The molecule has 3 saturated carbocycles. The summed E-state index contributed by atoms with van der Waals surface area (Å²) in [7, 11) is 0. The van der Waals surface area contributed by atoms with Crippen molar-refractivity contribution in [1.29, 1.82) is 0 Å². The normalized spacial score (nSPS) is 53.6. The third-order valence-electron chi connectivity index (χ3n) is 13.1. The average molecular weight is 469 g/mol. The molecule has 0 bridgehead atoms. The van der Waals surface area contributed by atoms with Gasteiger partial charge in [-0.25, -0.2) is 0 Å². The number of hydrogen-bond donors (Lipinski definition) is 2. The second-order valence-corrected chi connectivity index (χ2v) is 14.5. The molecule has 0 aromatic heterocycles. The lowest BCUT2D eigenvalue weighted by atomic mass is 9.34. The summed E-state index contributed by atoms with van der Waals surface area (Å²) in [6.45, 7) is 18.8. The van der Waals surface area contributed by atoms with Crippen LogP contribution in [0, 0.1) is 50.7 Å². The molecule has 0 radical (unpaired) electrons. The molecule has 3 nitrogen and oxygen atoms in total. The standard InChI is InChI=1S/C31H48O3/c1-9-20-18-26(3,4)22-13-14-28(6)23(29(20,22)7)11-10-21-24-30(8,34)19(2)12-15-31(24,25(32)33)17-16-27(21,28)5/h10,18-19,22-24,34H,9,11-17H2,1-8H3,(H,32,33)/t19-,22+,23+,24-,27-,28-,29+,30-,31+/m1/s1. The highest BCUT2D eigenvalue weighted by molar-refractivity contribution is 5.77. The van der Waals surface area contributed by atoms with Crippen molar-refractivity contribution in [3.63, 3.8) is 0 Å². The Kier molecular flexibility index (Phi) is 5.08. The molecule has 190 valence electrons. The Labute approximate surface area is 207 Å². The largest absolute Gasteiger partial charge is 0.481 e. The monoisotopic (exact) mass is 468 g/mol. The summed E-state index contributed by atoms with van der Waals surface area (Å²) in [6, 6.07) is 0. The van der Waals surface area contributed by atoms with Gasteiger partial charge in [-0.15, -0.1) is 0 Å². The zero-order valence-corrected chi connectivity index (χ0v) is 22.9. The van der Waals surface area contributed by atoms with Crippen LogP contribution >= 0.6 is 0 Å². The van der Waals surface area contributed by atoms with Gasteiger partial charge in [-0.2, -0.15) is 0 Å². The number of aliphatic hydroxyl groups is 1. The minimum Gasteiger partial charge on any atom is -0.481 e. The van der Waals surface area contributed by atoms with Gasteiger partial charge >= 0.3 is 5.97 Å². The van der Waals surface area contributed by atoms with Gasteiger partial charge < -0.3 is 10.2 Å². The van der Waals surface area contributed by atoms with E-state index in [9.17, 15) is 15.0 Å². The van der Waals surface area contributed by atoms with Crippen LogP contribution in [0.3, 0.4) is 0 Å². The highest BCUT2D eigenvalue weighted by Crippen LogP contribution is 2.77. The molecule has 34 heavy (non-hydrogen) atoms. The summed E-state index contributed by atoms with van der Waals surface area (Å²) in [5.41, 5.74) is 1.59. The van der Waals surface area contributed by atoms with Crippen LogP contribution in [0.2, 0.25) is 0 Å². The molecular formula is C31H48O3. The van der Waals surface area contributed by atoms with Gasteiger partial charge in [-0.3, -0.25) is 4.79 Å². The van der Waals surface area contributed by atoms with E-state index < -0.39 is 17.0 Å². The van der Waals surface area contributed by atoms with E-state index >= 15 is 0 Å². The van der Waals surface area contributed by atoms with Crippen LogP contribution < -0.4 is 0 Å². The first kappa shape index (κ1) is 24.6. The van der Waals surface area contributed by atoms with Crippen molar-refractivity contribution in [3.05, 3.63) is 23.3 Å². The zero-order valence-electron chi connectivity index (χ0n) is 22.9. The maximum absolute atomic E-state index is 12.9. The lowest BCUT2D eigenvalue weighted by Gasteiger charge is -2.69. The summed E-state index contributed by atoms with van der Waals surface area (Å²) in [6.07, 6.45) is 12.7. The highest BCUT2D eigenvalue weighted by Gasteiger charge is 2.71. The summed E-state index contributed by atoms with van der Waals surface area (Å²) < 4.78 is 0. The van der Waals surface area contributed by atoms with E-state index in [2.05, 4.69) is 60.6 Å². The van der Waals surface area contributed by atoms with Crippen molar-refractivity contribution in [2.75, 3.05) is 0 Å². The minimum atomic E-state index is -0.988. The lowest BCUT2D eigenvalue weighted by Crippen LogP contribution is -2.66. The van der Waals surface area contributed by atoms with E-state index in [1.165, 1.54) is 18.4 Å². The number of carboxylic acid groups (broad SMARTS) is 1. The van der Waals surface area contributed by atoms with Gasteiger partial charge in [0.1, 0.15) is 0 Å². The van der Waals surface area contributed by atoms with E-state index in [1.54, 1.807) is 5.57 Å². The van der Waals surface area contributed by atoms with Gasteiger partial charge in [0.05, 0.1) is 11.0 Å². The molecule has 5 aliphatic carbocycles. The maximum Gasteiger partial charge on any atom is 0.310 e.